The maximum absolute atomic E-state index is 5.73. The zero-order valence-electron chi connectivity index (χ0n) is 11.3. The van der Waals surface area contributed by atoms with E-state index in [1.807, 2.05) is 0 Å². The van der Waals surface area contributed by atoms with E-state index in [0.29, 0.717) is 0 Å². The van der Waals surface area contributed by atoms with Crippen LogP contribution in [0.3, 0.4) is 0 Å². The summed E-state index contributed by atoms with van der Waals surface area (Å²) in [5.74, 6) is 0.838. The molecule has 0 heterocycles. The van der Waals surface area contributed by atoms with Crippen LogP contribution in [0.2, 0.25) is 0 Å². The van der Waals surface area contributed by atoms with Gasteiger partial charge >= 0.3 is 0 Å². The highest BCUT2D eigenvalue weighted by Crippen LogP contribution is 2.08. The van der Waals surface area contributed by atoms with Crippen LogP contribution in [0.4, 0.5) is 0 Å². The predicted octanol–water partition coefficient (Wildman–Crippen LogP) is 4.28. The van der Waals surface area contributed by atoms with Crippen LogP contribution >= 0.6 is 0 Å². The van der Waals surface area contributed by atoms with Crippen molar-refractivity contribution < 1.29 is 0 Å². The number of amidine groups is 1. The largest absolute Gasteiger partial charge is 0.387 e. The number of rotatable bonds is 11. The molecule has 0 saturated heterocycles. The first kappa shape index (κ1) is 15.5. The Labute approximate surface area is 102 Å². The molecule has 0 radical (unpaired) electrons. The Kier molecular flexibility index (Phi) is 12.1. The zero-order chi connectivity index (χ0) is 12.1. The van der Waals surface area contributed by atoms with Crippen LogP contribution < -0.4 is 5.73 Å². The monoisotopic (exact) mass is 226 g/mol. The van der Waals surface area contributed by atoms with E-state index in [9.17, 15) is 0 Å². The maximum atomic E-state index is 5.73. The lowest BCUT2D eigenvalue weighted by molar-refractivity contribution is 0.578. The van der Waals surface area contributed by atoms with Crippen molar-refractivity contribution in [3.05, 3.63) is 0 Å². The molecular weight excluding hydrogens is 196 g/mol. The minimum atomic E-state index is 0.838. The lowest BCUT2D eigenvalue weighted by atomic mass is 10.1. The molecule has 0 fully saturated rings. The van der Waals surface area contributed by atoms with E-state index in [1.165, 1.54) is 51.4 Å². The van der Waals surface area contributed by atoms with Gasteiger partial charge in [-0.05, 0) is 12.8 Å². The van der Waals surface area contributed by atoms with Crippen LogP contribution in [0.25, 0.3) is 0 Å². The van der Waals surface area contributed by atoms with Gasteiger partial charge in [-0.2, -0.15) is 0 Å². The molecule has 0 rings (SSSR count). The first-order valence-electron chi connectivity index (χ1n) is 7.10. The second-order valence-corrected chi connectivity index (χ2v) is 4.60. The first-order valence-corrected chi connectivity index (χ1v) is 7.10. The topological polar surface area (TPSA) is 38.4 Å². The molecular formula is C14H30N2. The molecule has 0 aliphatic heterocycles. The number of nitrogens with zero attached hydrogens (tertiary/aromatic N) is 1. The van der Waals surface area contributed by atoms with E-state index in [2.05, 4.69) is 18.8 Å². The highest BCUT2D eigenvalue weighted by atomic mass is 14.8. The van der Waals surface area contributed by atoms with Crippen molar-refractivity contribution in [2.75, 3.05) is 6.54 Å². The molecule has 0 bridgehead atoms. The summed E-state index contributed by atoms with van der Waals surface area (Å²) in [6, 6.07) is 0. The highest BCUT2D eigenvalue weighted by molar-refractivity contribution is 5.80. The molecule has 0 aliphatic rings. The summed E-state index contributed by atoms with van der Waals surface area (Å²) >= 11 is 0. The summed E-state index contributed by atoms with van der Waals surface area (Å²) in [4.78, 5) is 4.36. The maximum Gasteiger partial charge on any atom is 0.0936 e. The van der Waals surface area contributed by atoms with Crippen LogP contribution in [0.1, 0.15) is 78.1 Å². The van der Waals surface area contributed by atoms with Gasteiger partial charge in [-0.3, -0.25) is 4.99 Å². The molecule has 16 heavy (non-hydrogen) atoms. The van der Waals surface area contributed by atoms with Gasteiger partial charge in [0.1, 0.15) is 0 Å². The molecule has 96 valence electrons. The number of unbranched alkanes of at least 4 members (excludes halogenated alkanes) is 7. The molecule has 0 aromatic rings. The smallest absolute Gasteiger partial charge is 0.0936 e. The van der Waals surface area contributed by atoms with Crippen molar-refractivity contribution in [1.29, 1.82) is 0 Å². The molecule has 0 atom stereocenters. The molecule has 0 aliphatic carbocycles. The molecule has 2 heteroatoms. The van der Waals surface area contributed by atoms with Gasteiger partial charge < -0.3 is 5.73 Å². The lowest BCUT2D eigenvalue weighted by Gasteiger charge is -2.01. The van der Waals surface area contributed by atoms with Gasteiger partial charge in [-0.15, -0.1) is 0 Å². The van der Waals surface area contributed by atoms with Crippen molar-refractivity contribution in [3.8, 4) is 0 Å². The van der Waals surface area contributed by atoms with E-state index in [0.717, 1.165) is 25.2 Å². The minimum absolute atomic E-state index is 0.838. The standard InChI is InChI=1S/C14H30N2/c1-3-5-6-7-8-9-10-11-13-16-14(15)12-4-2/h3-13H2,1-2H3,(H2,15,16). The third kappa shape index (κ3) is 11.5. The summed E-state index contributed by atoms with van der Waals surface area (Å²) in [5, 5.41) is 0. The normalized spacial score (nSPS) is 12.0. The Morgan fingerprint density at radius 3 is 1.94 bits per heavy atom. The van der Waals surface area contributed by atoms with Crippen molar-refractivity contribution in [1.82, 2.24) is 0 Å². The lowest BCUT2D eigenvalue weighted by Crippen LogP contribution is -2.11. The molecule has 0 unspecified atom stereocenters. The van der Waals surface area contributed by atoms with Crippen LogP contribution in [-0.2, 0) is 0 Å². The molecule has 0 spiro atoms. The Hall–Kier alpha value is -0.530. The van der Waals surface area contributed by atoms with Crippen molar-refractivity contribution in [2.24, 2.45) is 10.7 Å². The van der Waals surface area contributed by atoms with Crippen molar-refractivity contribution >= 4 is 5.84 Å². The summed E-state index contributed by atoms with van der Waals surface area (Å²) in [7, 11) is 0. The van der Waals surface area contributed by atoms with Crippen LogP contribution in [0.15, 0.2) is 4.99 Å². The number of aliphatic imine (C=N–C) groups is 1. The summed E-state index contributed by atoms with van der Waals surface area (Å²) in [6.07, 6.45) is 12.9. The molecule has 0 saturated carbocycles. The minimum Gasteiger partial charge on any atom is -0.387 e. The van der Waals surface area contributed by atoms with Crippen LogP contribution in [0.5, 0.6) is 0 Å². The SMILES string of the molecule is CCCCCCCCCCN=C(N)CCC. The average Bonchev–Trinajstić information content (AvgIpc) is 2.27. The Morgan fingerprint density at radius 1 is 0.812 bits per heavy atom. The Morgan fingerprint density at radius 2 is 1.38 bits per heavy atom. The predicted molar refractivity (Wildman–Crippen MR) is 74.0 cm³/mol. The van der Waals surface area contributed by atoms with E-state index in [-0.39, 0.29) is 0 Å². The second kappa shape index (κ2) is 12.5. The van der Waals surface area contributed by atoms with Crippen LogP contribution in [0, 0.1) is 0 Å². The fraction of sp³-hybridized carbons (Fsp3) is 0.929. The fourth-order valence-electron chi connectivity index (χ4n) is 1.80. The summed E-state index contributed by atoms with van der Waals surface area (Å²) in [6.45, 7) is 5.33. The second-order valence-electron chi connectivity index (χ2n) is 4.60. The van der Waals surface area contributed by atoms with Gasteiger partial charge in [0.05, 0.1) is 5.84 Å². The molecule has 2 N–H and O–H groups in total. The summed E-state index contributed by atoms with van der Waals surface area (Å²) < 4.78 is 0. The van der Waals surface area contributed by atoms with Crippen molar-refractivity contribution in [3.63, 3.8) is 0 Å². The van der Waals surface area contributed by atoms with Crippen LogP contribution in [-0.4, -0.2) is 12.4 Å². The number of hydrogen-bond acceptors (Lipinski definition) is 1. The van der Waals surface area contributed by atoms with Gasteiger partial charge in [-0.25, -0.2) is 0 Å². The molecule has 0 aromatic heterocycles. The van der Waals surface area contributed by atoms with E-state index >= 15 is 0 Å². The van der Waals surface area contributed by atoms with Gasteiger partial charge in [0.15, 0.2) is 0 Å². The summed E-state index contributed by atoms with van der Waals surface area (Å²) in [5.41, 5.74) is 5.73. The average molecular weight is 226 g/mol. The zero-order valence-corrected chi connectivity index (χ0v) is 11.3. The van der Waals surface area contributed by atoms with E-state index in [4.69, 9.17) is 5.73 Å². The third-order valence-electron chi connectivity index (χ3n) is 2.83. The fourth-order valence-corrected chi connectivity index (χ4v) is 1.80. The Balaban J connectivity index is 3.12. The number of hydrogen-bond donors (Lipinski definition) is 1. The van der Waals surface area contributed by atoms with Gasteiger partial charge in [-0.1, -0.05) is 58.8 Å². The molecule has 0 aromatic carbocycles. The van der Waals surface area contributed by atoms with Gasteiger partial charge in [0.2, 0.25) is 0 Å². The van der Waals surface area contributed by atoms with E-state index in [1.54, 1.807) is 0 Å². The third-order valence-corrected chi connectivity index (χ3v) is 2.83. The molecule has 0 amide bonds. The van der Waals surface area contributed by atoms with E-state index < -0.39 is 0 Å². The molecule has 2 nitrogen and oxygen atoms in total. The van der Waals surface area contributed by atoms with Crippen molar-refractivity contribution in [2.45, 2.75) is 78.1 Å². The Bertz CT molecular complexity index is 164. The number of nitrogens with two attached hydrogens (primary N) is 1. The quantitative estimate of drug-likeness (QED) is 0.319. The van der Waals surface area contributed by atoms with Gasteiger partial charge in [0, 0.05) is 13.0 Å². The first-order chi connectivity index (χ1) is 7.81. The van der Waals surface area contributed by atoms with Gasteiger partial charge in [0.25, 0.3) is 0 Å². The highest BCUT2D eigenvalue weighted by Gasteiger charge is 1.92.